The van der Waals surface area contributed by atoms with Crippen LogP contribution < -0.4 is 0 Å². The Morgan fingerprint density at radius 2 is 1.90 bits per heavy atom. The van der Waals surface area contributed by atoms with Gasteiger partial charge in [0.25, 0.3) is 0 Å². The second-order valence-corrected chi connectivity index (χ2v) is 4.91. The molecule has 0 spiro atoms. The summed E-state index contributed by atoms with van der Waals surface area (Å²) in [4.78, 5) is 4.49. The fourth-order valence-corrected chi connectivity index (χ4v) is 2.69. The minimum atomic E-state index is -0.233. The lowest BCUT2D eigenvalue weighted by molar-refractivity contribution is 0.628. The molecule has 100 valence electrons. The van der Waals surface area contributed by atoms with Gasteiger partial charge >= 0.3 is 0 Å². The molecule has 2 heterocycles. The first-order valence-electron chi connectivity index (χ1n) is 6.47. The van der Waals surface area contributed by atoms with Crippen molar-refractivity contribution in [3.05, 3.63) is 60.7 Å². The van der Waals surface area contributed by atoms with Gasteiger partial charge in [-0.15, -0.1) is 0 Å². The predicted molar refractivity (Wildman–Crippen MR) is 80.9 cm³/mol. The summed E-state index contributed by atoms with van der Waals surface area (Å²) >= 11 is 0. The molecule has 0 radical (unpaired) electrons. The van der Waals surface area contributed by atoms with E-state index >= 15 is 0 Å². The molecule has 0 aliphatic rings. The SMILES string of the molecule is C=C(C)n1c(C)c(-c2ccc(F)cc2)c2ncccc21. The lowest BCUT2D eigenvalue weighted by atomic mass is 10.1. The molecule has 3 heteroatoms. The van der Waals surface area contributed by atoms with Crippen molar-refractivity contribution in [2.75, 3.05) is 0 Å². The molecule has 2 aromatic heterocycles. The summed E-state index contributed by atoms with van der Waals surface area (Å²) in [6.45, 7) is 8.04. The van der Waals surface area contributed by atoms with Gasteiger partial charge < -0.3 is 4.57 Å². The summed E-state index contributed by atoms with van der Waals surface area (Å²) in [5.74, 6) is -0.233. The standard InChI is InChI=1S/C17H15FN2/c1-11(2)20-12(3)16(13-6-8-14(18)9-7-13)17-15(20)5-4-10-19-17/h4-10H,1H2,2-3H3. The quantitative estimate of drug-likeness (QED) is 0.660. The van der Waals surface area contributed by atoms with Crippen LogP contribution >= 0.6 is 0 Å². The van der Waals surface area contributed by atoms with Gasteiger partial charge in [-0.05, 0) is 43.7 Å². The van der Waals surface area contributed by atoms with Gasteiger partial charge in [0, 0.05) is 23.2 Å². The molecular formula is C17H15FN2. The highest BCUT2D eigenvalue weighted by Gasteiger charge is 2.16. The Labute approximate surface area is 117 Å². The van der Waals surface area contributed by atoms with Crippen molar-refractivity contribution in [3.63, 3.8) is 0 Å². The number of allylic oxidation sites excluding steroid dienone is 1. The van der Waals surface area contributed by atoms with E-state index in [1.54, 1.807) is 18.3 Å². The van der Waals surface area contributed by atoms with Crippen LogP contribution in [0.2, 0.25) is 0 Å². The Balaban J connectivity index is 2.38. The lowest BCUT2D eigenvalue weighted by Gasteiger charge is -2.07. The van der Waals surface area contributed by atoms with Crippen LogP contribution in [0.5, 0.6) is 0 Å². The zero-order valence-electron chi connectivity index (χ0n) is 11.5. The molecule has 0 unspecified atom stereocenters. The molecule has 1 aromatic carbocycles. The van der Waals surface area contributed by atoms with Gasteiger partial charge in [-0.1, -0.05) is 18.7 Å². The molecule has 0 bridgehead atoms. The Hall–Kier alpha value is -2.42. The van der Waals surface area contributed by atoms with Crippen molar-refractivity contribution in [1.82, 2.24) is 9.55 Å². The number of pyridine rings is 1. The van der Waals surface area contributed by atoms with Crippen LogP contribution in [-0.4, -0.2) is 9.55 Å². The highest BCUT2D eigenvalue weighted by molar-refractivity contribution is 5.96. The first kappa shape index (κ1) is 12.6. The van der Waals surface area contributed by atoms with Crippen molar-refractivity contribution in [1.29, 1.82) is 0 Å². The molecule has 3 rings (SSSR count). The summed E-state index contributed by atoms with van der Waals surface area (Å²) in [6, 6.07) is 10.5. The lowest BCUT2D eigenvalue weighted by Crippen LogP contribution is -1.94. The molecule has 0 saturated carbocycles. The second-order valence-electron chi connectivity index (χ2n) is 4.91. The average molecular weight is 266 g/mol. The monoisotopic (exact) mass is 266 g/mol. The minimum absolute atomic E-state index is 0.233. The zero-order valence-corrected chi connectivity index (χ0v) is 11.5. The number of hydrogen-bond acceptors (Lipinski definition) is 1. The summed E-state index contributed by atoms with van der Waals surface area (Å²) < 4.78 is 15.2. The second kappa shape index (κ2) is 4.60. The third-order valence-electron chi connectivity index (χ3n) is 3.48. The van der Waals surface area contributed by atoms with Crippen molar-refractivity contribution in [2.45, 2.75) is 13.8 Å². The van der Waals surface area contributed by atoms with Gasteiger partial charge in [-0.3, -0.25) is 4.98 Å². The Morgan fingerprint density at radius 3 is 2.55 bits per heavy atom. The maximum atomic E-state index is 13.1. The van der Waals surface area contributed by atoms with Gasteiger partial charge in [-0.25, -0.2) is 4.39 Å². The number of halogens is 1. The highest BCUT2D eigenvalue weighted by atomic mass is 19.1. The fraction of sp³-hybridized carbons (Fsp3) is 0.118. The van der Waals surface area contributed by atoms with E-state index in [2.05, 4.69) is 16.1 Å². The summed E-state index contributed by atoms with van der Waals surface area (Å²) in [5.41, 5.74) is 5.94. The van der Waals surface area contributed by atoms with Crippen LogP contribution in [0.25, 0.3) is 27.9 Å². The van der Waals surface area contributed by atoms with Gasteiger partial charge in [0.05, 0.1) is 11.0 Å². The first-order valence-corrected chi connectivity index (χ1v) is 6.47. The molecule has 0 atom stereocenters. The molecule has 0 aliphatic heterocycles. The van der Waals surface area contributed by atoms with Crippen LogP contribution in [0.3, 0.4) is 0 Å². The number of benzene rings is 1. The van der Waals surface area contributed by atoms with Crippen LogP contribution in [0.15, 0.2) is 49.2 Å². The average Bonchev–Trinajstić information content (AvgIpc) is 2.72. The third kappa shape index (κ3) is 1.83. The zero-order chi connectivity index (χ0) is 14.3. The molecule has 20 heavy (non-hydrogen) atoms. The van der Waals surface area contributed by atoms with Crippen molar-refractivity contribution >= 4 is 16.7 Å². The van der Waals surface area contributed by atoms with Crippen LogP contribution in [0, 0.1) is 12.7 Å². The van der Waals surface area contributed by atoms with Crippen LogP contribution in [-0.2, 0) is 0 Å². The van der Waals surface area contributed by atoms with E-state index in [1.807, 2.05) is 26.0 Å². The number of rotatable bonds is 2. The Bertz CT molecular complexity index is 798. The fourth-order valence-electron chi connectivity index (χ4n) is 2.69. The van der Waals surface area contributed by atoms with E-state index in [0.29, 0.717) is 0 Å². The van der Waals surface area contributed by atoms with E-state index < -0.39 is 0 Å². The molecule has 2 nitrogen and oxygen atoms in total. The van der Waals surface area contributed by atoms with Crippen molar-refractivity contribution < 1.29 is 4.39 Å². The Kier molecular flexibility index (Phi) is 2.90. The van der Waals surface area contributed by atoms with Gasteiger partial charge in [0.1, 0.15) is 5.82 Å². The summed E-state index contributed by atoms with van der Waals surface area (Å²) in [6.07, 6.45) is 1.78. The number of nitrogens with zero attached hydrogens (tertiary/aromatic N) is 2. The number of fused-ring (bicyclic) bond motifs is 1. The Morgan fingerprint density at radius 1 is 1.20 bits per heavy atom. The maximum Gasteiger partial charge on any atom is 0.123 e. The van der Waals surface area contributed by atoms with E-state index in [-0.39, 0.29) is 5.82 Å². The molecule has 0 aliphatic carbocycles. The van der Waals surface area contributed by atoms with Crippen LogP contribution in [0.1, 0.15) is 12.6 Å². The normalized spacial score (nSPS) is 10.9. The van der Waals surface area contributed by atoms with E-state index in [9.17, 15) is 4.39 Å². The molecule has 0 saturated heterocycles. The highest BCUT2D eigenvalue weighted by Crippen LogP contribution is 2.34. The molecular weight excluding hydrogens is 251 g/mol. The van der Waals surface area contributed by atoms with Crippen LogP contribution in [0.4, 0.5) is 4.39 Å². The van der Waals surface area contributed by atoms with Gasteiger partial charge in [0.2, 0.25) is 0 Å². The summed E-state index contributed by atoms with van der Waals surface area (Å²) in [5, 5.41) is 0. The first-order chi connectivity index (χ1) is 9.59. The number of hydrogen-bond donors (Lipinski definition) is 0. The van der Waals surface area contributed by atoms with E-state index in [0.717, 1.165) is 33.6 Å². The topological polar surface area (TPSA) is 17.8 Å². The molecule has 0 fully saturated rings. The molecule has 3 aromatic rings. The third-order valence-corrected chi connectivity index (χ3v) is 3.48. The number of aromatic nitrogens is 2. The maximum absolute atomic E-state index is 13.1. The molecule has 0 N–H and O–H groups in total. The smallest absolute Gasteiger partial charge is 0.123 e. The van der Waals surface area contributed by atoms with Crippen molar-refractivity contribution in [3.8, 4) is 11.1 Å². The summed E-state index contributed by atoms with van der Waals surface area (Å²) in [7, 11) is 0. The van der Waals surface area contributed by atoms with Gasteiger partial charge in [-0.2, -0.15) is 0 Å². The molecule has 0 amide bonds. The van der Waals surface area contributed by atoms with Gasteiger partial charge in [0.15, 0.2) is 0 Å². The van der Waals surface area contributed by atoms with Crippen molar-refractivity contribution in [2.24, 2.45) is 0 Å². The predicted octanol–water partition coefficient (Wildman–Crippen LogP) is 4.64. The van der Waals surface area contributed by atoms with E-state index in [1.165, 1.54) is 12.1 Å². The van der Waals surface area contributed by atoms with E-state index in [4.69, 9.17) is 0 Å². The largest absolute Gasteiger partial charge is 0.316 e. The minimum Gasteiger partial charge on any atom is -0.316 e.